The predicted octanol–water partition coefficient (Wildman–Crippen LogP) is 2.13. The largest absolute Gasteiger partial charge is 0.475 e. The molecule has 5 nitrogen and oxygen atoms in total. The van der Waals surface area contributed by atoms with Crippen LogP contribution in [0.5, 0.6) is 11.5 Å². The van der Waals surface area contributed by atoms with E-state index in [9.17, 15) is 9.59 Å². The minimum atomic E-state index is -1.30. The van der Waals surface area contributed by atoms with E-state index in [1.165, 1.54) is 0 Å². The van der Waals surface area contributed by atoms with Gasteiger partial charge < -0.3 is 14.3 Å². The highest BCUT2D eigenvalue weighted by Gasteiger charge is 2.10. The van der Waals surface area contributed by atoms with Crippen LogP contribution in [0, 0.1) is 0 Å². The van der Waals surface area contributed by atoms with E-state index < -0.39 is 17.2 Å². The molecule has 0 spiro atoms. The summed E-state index contributed by atoms with van der Waals surface area (Å²) in [5, 5.41) is 8.62. The summed E-state index contributed by atoms with van der Waals surface area (Å²) in [7, 11) is 0. The summed E-state index contributed by atoms with van der Waals surface area (Å²) in [6.07, 6.45) is 0.985. The lowest BCUT2D eigenvalue weighted by molar-refractivity contribution is 0.0659. The van der Waals surface area contributed by atoms with Gasteiger partial charge in [0.05, 0.1) is 0 Å². The van der Waals surface area contributed by atoms with Gasteiger partial charge in [0.25, 0.3) is 0 Å². The van der Waals surface area contributed by atoms with Crippen LogP contribution in [0.15, 0.2) is 51.9 Å². The van der Waals surface area contributed by atoms with Gasteiger partial charge in [0.15, 0.2) is 0 Å². The van der Waals surface area contributed by atoms with E-state index >= 15 is 0 Å². The molecule has 1 N–H and O–H groups in total. The third kappa shape index (κ3) is 2.52. The maximum absolute atomic E-state index is 11.5. The van der Waals surface area contributed by atoms with Crippen molar-refractivity contribution in [3.05, 3.63) is 58.6 Å². The summed E-state index contributed by atoms with van der Waals surface area (Å²) in [6.45, 7) is 0. The molecule has 17 heavy (non-hydrogen) atoms. The van der Waals surface area contributed by atoms with Crippen molar-refractivity contribution in [2.24, 2.45) is 0 Å². The van der Waals surface area contributed by atoms with Crippen molar-refractivity contribution in [1.82, 2.24) is 0 Å². The average Bonchev–Trinajstić information content (AvgIpc) is 2.33. The van der Waals surface area contributed by atoms with Gasteiger partial charge in [0.1, 0.15) is 12.0 Å². The van der Waals surface area contributed by atoms with Crippen molar-refractivity contribution in [2.75, 3.05) is 0 Å². The van der Waals surface area contributed by atoms with E-state index in [1.807, 2.05) is 6.07 Å². The molecular formula is C12H8O5. The van der Waals surface area contributed by atoms with Gasteiger partial charge in [-0.05, 0) is 12.1 Å². The zero-order valence-corrected chi connectivity index (χ0v) is 8.62. The number of carboxylic acid groups (broad SMARTS) is 1. The molecule has 0 aliphatic rings. The Kier molecular flexibility index (Phi) is 2.91. The molecule has 0 saturated carbocycles. The Morgan fingerprint density at radius 2 is 1.94 bits per heavy atom. The Morgan fingerprint density at radius 3 is 2.53 bits per heavy atom. The third-order valence-electron chi connectivity index (χ3n) is 1.98. The minimum Gasteiger partial charge on any atom is -0.475 e. The lowest BCUT2D eigenvalue weighted by atomic mass is 10.3. The first kappa shape index (κ1) is 10.9. The molecule has 0 bridgehead atoms. The van der Waals surface area contributed by atoms with Crippen LogP contribution in [0.25, 0.3) is 0 Å². The molecule has 0 atom stereocenters. The Balaban J connectivity index is 2.29. The van der Waals surface area contributed by atoms with Crippen molar-refractivity contribution in [1.29, 1.82) is 0 Å². The fourth-order valence-corrected chi connectivity index (χ4v) is 1.20. The predicted molar refractivity (Wildman–Crippen MR) is 58.5 cm³/mol. The number of aromatic carboxylic acids is 1. The first-order valence-electron chi connectivity index (χ1n) is 4.76. The molecule has 5 heteroatoms. The average molecular weight is 232 g/mol. The van der Waals surface area contributed by atoms with Crippen molar-refractivity contribution in [2.45, 2.75) is 0 Å². The summed E-state index contributed by atoms with van der Waals surface area (Å²) in [4.78, 5) is 22.0. The summed E-state index contributed by atoms with van der Waals surface area (Å²) < 4.78 is 9.99. The van der Waals surface area contributed by atoms with Gasteiger partial charge in [-0.15, -0.1) is 0 Å². The lowest BCUT2D eigenvalue weighted by Crippen LogP contribution is -2.07. The fourth-order valence-electron chi connectivity index (χ4n) is 1.20. The molecule has 1 aromatic heterocycles. The molecule has 1 heterocycles. The van der Waals surface area contributed by atoms with Gasteiger partial charge in [0.2, 0.25) is 16.9 Å². The summed E-state index contributed by atoms with van der Waals surface area (Å²) in [6, 6.07) is 9.53. The zero-order valence-electron chi connectivity index (χ0n) is 8.62. The third-order valence-corrected chi connectivity index (χ3v) is 1.98. The fraction of sp³-hybridized carbons (Fsp3) is 0. The Hall–Kier alpha value is -2.56. The zero-order chi connectivity index (χ0) is 12.3. The first-order chi connectivity index (χ1) is 8.16. The SMILES string of the molecule is O=C(O)c1cc(=O)c(Oc2ccccc2)co1. The van der Waals surface area contributed by atoms with E-state index in [4.69, 9.17) is 14.3 Å². The molecule has 0 saturated heterocycles. The highest BCUT2D eigenvalue weighted by atomic mass is 16.5. The Morgan fingerprint density at radius 1 is 1.24 bits per heavy atom. The van der Waals surface area contributed by atoms with E-state index in [0.29, 0.717) is 5.75 Å². The molecule has 1 aromatic carbocycles. The Bertz CT molecular complexity index is 585. The molecule has 0 aliphatic carbocycles. The van der Waals surface area contributed by atoms with Crippen LogP contribution in [0.1, 0.15) is 10.6 Å². The monoisotopic (exact) mass is 232 g/mol. The summed E-state index contributed by atoms with van der Waals surface area (Å²) >= 11 is 0. The van der Waals surface area contributed by atoms with Gasteiger partial charge in [-0.2, -0.15) is 0 Å². The van der Waals surface area contributed by atoms with Crippen LogP contribution >= 0.6 is 0 Å². The van der Waals surface area contributed by atoms with E-state index in [2.05, 4.69) is 0 Å². The second-order valence-electron chi connectivity index (χ2n) is 3.19. The van der Waals surface area contributed by atoms with Crippen LogP contribution in [0.4, 0.5) is 0 Å². The van der Waals surface area contributed by atoms with Crippen LogP contribution in [-0.2, 0) is 0 Å². The van der Waals surface area contributed by atoms with Crippen molar-refractivity contribution < 1.29 is 19.1 Å². The molecule has 86 valence electrons. The van der Waals surface area contributed by atoms with Crippen LogP contribution in [0.2, 0.25) is 0 Å². The molecule has 0 fully saturated rings. The lowest BCUT2D eigenvalue weighted by Gasteiger charge is -2.03. The number of para-hydroxylation sites is 1. The number of ether oxygens (including phenoxy) is 1. The minimum absolute atomic E-state index is 0.0544. The standard InChI is InChI=1S/C12H8O5/c13-9-6-10(12(14)15)16-7-11(9)17-8-4-2-1-3-5-8/h1-7H,(H,14,15). The molecule has 0 unspecified atom stereocenters. The number of hydrogen-bond donors (Lipinski definition) is 1. The number of benzene rings is 1. The normalized spacial score (nSPS) is 9.88. The maximum atomic E-state index is 11.5. The van der Waals surface area contributed by atoms with E-state index in [-0.39, 0.29) is 5.75 Å². The highest BCUT2D eigenvalue weighted by molar-refractivity contribution is 5.84. The van der Waals surface area contributed by atoms with Gasteiger partial charge in [-0.25, -0.2) is 4.79 Å². The first-order valence-corrected chi connectivity index (χ1v) is 4.76. The number of carbonyl (C=O) groups is 1. The van der Waals surface area contributed by atoms with Crippen LogP contribution < -0.4 is 10.2 Å². The summed E-state index contributed by atoms with van der Waals surface area (Å²) in [5.74, 6) is -1.30. The van der Waals surface area contributed by atoms with Gasteiger partial charge >= 0.3 is 5.97 Å². The molecule has 0 aliphatic heterocycles. The van der Waals surface area contributed by atoms with Crippen LogP contribution in [0.3, 0.4) is 0 Å². The second-order valence-corrected chi connectivity index (χ2v) is 3.19. The molecular weight excluding hydrogens is 224 g/mol. The summed E-state index contributed by atoms with van der Waals surface area (Å²) in [5.41, 5.74) is -0.544. The van der Waals surface area contributed by atoms with Gasteiger partial charge in [-0.1, -0.05) is 18.2 Å². The smallest absolute Gasteiger partial charge is 0.371 e. The van der Waals surface area contributed by atoms with Gasteiger partial charge in [0, 0.05) is 6.07 Å². The van der Waals surface area contributed by atoms with E-state index in [1.54, 1.807) is 24.3 Å². The topological polar surface area (TPSA) is 76.7 Å². The van der Waals surface area contributed by atoms with Crippen LogP contribution in [-0.4, -0.2) is 11.1 Å². The highest BCUT2D eigenvalue weighted by Crippen LogP contribution is 2.17. The molecule has 0 amide bonds. The van der Waals surface area contributed by atoms with Crippen molar-refractivity contribution in [3.63, 3.8) is 0 Å². The van der Waals surface area contributed by atoms with Gasteiger partial charge in [-0.3, -0.25) is 4.79 Å². The van der Waals surface area contributed by atoms with Crippen molar-refractivity contribution >= 4 is 5.97 Å². The second kappa shape index (κ2) is 4.52. The maximum Gasteiger partial charge on any atom is 0.371 e. The molecule has 2 rings (SSSR count). The quantitative estimate of drug-likeness (QED) is 0.877. The number of hydrogen-bond acceptors (Lipinski definition) is 4. The molecule has 0 radical (unpaired) electrons. The molecule has 2 aromatic rings. The van der Waals surface area contributed by atoms with Crippen molar-refractivity contribution in [3.8, 4) is 11.5 Å². The van der Waals surface area contributed by atoms with E-state index in [0.717, 1.165) is 12.3 Å². The number of carboxylic acids is 1. The number of rotatable bonds is 3. The Labute approximate surface area is 95.9 Å².